The summed E-state index contributed by atoms with van der Waals surface area (Å²) < 4.78 is 11.0. The number of benzene rings is 2. The Morgan fingerprint density at radius 2 is 1.45 bits per heavy atom. The van der Waals surface area contributed by atoms with Crippen molar-refractivity contribution in [3.8, 4) is 5.75 Å². The standard InChI is InChI=1S/C17H21NO2/c1-3-7-16(8-4-1)15-18-11-12-19-13-14-20-17-9-5-2-6-10-17/h1-10,18H,11-15H2. The summed E-state index contributed by atoms with van der Waals surface area (Å²) in [7, 11) is 0. The van der Waals surface area contributed by atoms with Crippen molar-refractivity contribution in [3.63, 3.8) is 0 Å². The Hall–Kier alpha value is -1.84. The first-order valence-electron chi connectivity index (χ1n) is 6.95. The van der Waals surface area contributed by atoms with Crippen LogP contribution in [-0.4, -0.2) is 26.4 Å². The molecule has 1 N–H and O–H groups in total. The Kier molecular flexibility index (Phi) is 6.65. The summed E-state index contributed by atoms with van der Waals surface area (Å²) in [6, 6.07) is 20.1. The summed E-state index contributed by atoms with van der Waals surface area (Å²) in [5, 5.41) is 3.34. The molecule has 106 valence electrons. The predicted molar refractivity (Wildman–Crippen MR) is 80.9 cm³/mol. The van der Waals surface area contributed by atoms with Crippen molar-refractivity contribution in [1.82, 2.24) is 5.32 Å². The molecule has 3 heteroatoms. The molecule has 0 radical (unpaired) electrons. The van der Waals surface area contributed by atoms with Crippen LogP contribution in [0.4, 0.5) is 0 Å². The van der Waals surface area contributed by atoms with E-state index in [9.17, 15) is 0 Å². The third kappa shape index (κ3) is 5.87. The van der Waals surface area contributed by atoms with Crippen LogP contribution >= 0.6 is 0 Å². The van der Waals surface area contributed by atoms with Crippen LogP contribution in [0, 0.1) is 0 Å². The van der Waals surface area contributed by atoms with Gasteiger partial charge in [-0.2, -0.15) is 0 Å². The van der Waals surface area contributed by atoms with Crippen molar-refractivity contribution in [1.29, 1.82) is 0 Å². The summed E-state index contributed by atoms with van der Waals surface area (Å²) in [6.07, 6.45) is 0. The minimum atomic E-state index is 0.586. The van der Waals surface area contributed by atoms with Crippen molar-refractivity contribution in [3.05, 3.63) is 66.2 Å². The van der Waals surface area contributed by atoms with Crippen LogP contribution in [0.5, 0.6) is 5.75 Å². The highest BCUT2D eigenvalue weighted by Gasteiger charge is 1.93. The van der Waals surface area contributed by atoms with Crippen molar-refractivity contribution in [2.45, 2.75) is 6.54 Å². The van der Waals surface area contributed by atoms with Gasteiger partial charge >= 0.3 is 0 Å². The molecule has 0 atom stereocenters. The van der Waals surface area contributed by atoms with E-state index in [0.29, 0.717) is 19.8 Å². The maximum absolute atomic E-state index is 5.54. The van der Waals surface area contributed by atoms with E-state index in [1.54, 1.807) is 0 Å². The number of para-hydroxylation sites is 1. The number of rotatable bonds is 9. The van der Waals surface area contributed by atoms with Crippen molar-refractivity contribution in [2.24, 2.45) is 0 Å². The number of nitrogens with one attached hydrogen (secondary N) is 1. The Morgan fingerprint density at radius 1 is 0.750 bits per heavy atom. The highest BCUT2D eigenvalue weighted by molar-refractivity contribution is 5.20. The molecule has 0 saturated carbocycles. The second-order valence-corrected chi connectivity index (χ2v) is 4.44. The van der Waals surface area contributed by atoms with Gasteiger partial charge in [-0.15, -0.1) is 0 Å². The Labute approximate surface area is 120 Å². The molecule has 0 amide bonds. The largest absolute Gasteiger partial charge is 0.491 e. The Bertz CT molecular complexity index is 413. The normalized spacial score (nSPS) is 10.4. The molecular formula is C17H21NO2. The molecule has 2 rings (SSSR count). The molecule has 3 nitrogen and oxygen atoms in total. The van der Waals surface area contributed by atoms with Gasteiger partial charge in [0.2, 0.25) is 0 Å². The zero-order valence-corrected chi connectivity index (χ0v) is 11.6. The van der Waals surface area contributed by atoms with Crippen molar-refractivity contribution in [2.75, 3.05) is 26.4 Å². The fourth-order valence-electron chi connectivity index (χ4n) is 1.81. The van der Waals surface area contributed by atoms with E-state index in [0.717, 1.165) is 18.8 Å². The minimum Gasteiger partial charge on any atom is -0.491 e. The molecule has 0 aliphatic rings. The van der Waals surface area contributed by atoms with Gasteiger partial charge < -0.3 is 14.8 Å². The molecule has 2 aromatic rings. The predicted octanol–water partition coefficient (Wildman–Crippen LogP) is 2.87. The van der Waals surface area contributed by atoms with E-state index in [4.69, 9.17) is 9.47 Å². The first-order valence-corrected chi connectivity index (χ1v) is 6.95. The van der Waals surface area contributed by atoms with Crippen LogP contribution in [0.15, 0.2) is 60.7 Å². The molecule has 0 spiro atoms. The van der Waals surface area contributed by atoms with Crippen LogP contribution in [0.2, 0.25) is 0 Å². The van der Waals surface area contributed by atoms with Crippen molar-refractivity contribution >= 4 is 0 Å². The van der Waals surface area contributed by atoms with Gasteiger partial charge in [-0.3, -0.25) is 0 Å². The molecule has 0 heterocycles. The second kappa shape index (κ2) is 9.13. The van der Waals surface area contributed by atoms with E-state index >= 15 is 0 Å². The average Bonchev–Trinajstić information content (AvgIpc) is 2.52. The molecule has 2 aromatic carbocycles. The number of hydrogen-bond donors (Lipinski definition) is 1. The van der Waals surface area contributed by atoms with Gasteiger partial charge in [0, 0.05) is 13.1 Å². The van der Waals surface area contributed by atoms with Gasteiger partial charge in [0.15, 0.2) is 0 Å². The molecular weight excluding hydrogens is 250 g/mol. The maximum Gasteiger partial charge on any atom is 0.119 e. The second-order valence-electron chi connectivity index (χ2n) is 4.44. The lowest BCUT2D eigenvalue weighted by atomic mass is 10.2. The van der Waals surface area contributed by atoms with E-state index in [1.165, 1.54) is 5.56 Å². The highest BCUT2D eigenvalue weighted by Crippen LogP contribution is 2.07. The van der Waals surface area contributed by atoms with Crippen molar-refractivity contribution < 1.29 is 9.47 Å². The Morgan fingerprint density at radius 3 is 2.20 bits per heavy atom. The monoisotopic (exact) mass is 271 g/mol. The van der Waals surface area contributed by atoms with Gasteiger partial charge in [0.1, 0.15) is 12.4 Å². The quantitative estimate of drug-likeness (QED) is 0.711. The average molecular weight is 271 g/mol. The maximum atomic E-state index is 5.54. The summed E-state index contributed by atoms with van der Waals surface area (Å²) in [6.45, 7) is 3.63. The van der Waals surface area contributed by atoms with Gasteiger partial charge in [-0.25, -0.2) is 0 Å². The van der Waals surface area contributed by atoms with Crippen LogP contribution in [0.3, 0.4) is 0 Å². The van der Waals surface area contributed by atoms with Gasteiger partial charge in [-0.1, -0.05) is 48.5 Å². The topological polar surface area (TPSA) is 30.5 Å². The smallest absolute Gasteiger partial charge is 0.119 e. The van der Waals surface area contributed by atoms with E-state index in [1.807, 2.05) is 36.4 Å². The lowest BCUT2D eigenvalue weighted by Gasteiger charge is -2.08. The zero-order valence-electron chi connectivity index (χ0n) is 11.6. The Balaban J connectivity index is 1.44. The third-order valence-corrected chi connectivity index (χ3v) is 2.83. The van der Waals surface area contributed by atoms with Gasteiger partial charge in [0.05, 0.1) is 13.2 Å². The molecule has 0 unspecified atom stereocenters. The fraction of sp³-hybridized carbons (Fsp3) is 0.294. The molecule has 0 fully saturated rings. The first kappa shape index (κ1) is 14.6. The molecule has 0 bridgehead atoms. The SMILES string of the molecule is c1ccc(CNCCOCCOc2ccccc2)cc1. The number of hydrogen-bond acceptors (Lipinski definition) is 3. The summed E-state index contributed by atoms with van der Waals surface area (Å²) in [4.78, 5) is 0. The lowest BCUT2D eigenvalue weighted by Crippen LogP contribution is -2.20. The third-order valence-electron chi connectivity index (χ3n) is 2.83. The summed E-state index contributed by atoms with van der Waals surface area (Å²) in [5.41, 5.74) is 1.29. The fourth-order valence-corrected chi connectivity index (χ4v) is 1.81. The molecule has 0 aliphatic carbocycles. The number of ether oxygens (including phenoxy) is 2. The summed E-state index contributed by atoms with van der Waals surface area (Å²) >= 11 is 0. The molecule has 0 saturated heterocycles. The molecule has 0 aromatic heterocycles. The van der Waals surface area contributed by atoms with Gasteiger partial charge in [0.25, 0.3) is 0 Å². The zero-order chi connectivity index (χ0) is 13.9. The molecule has 0 aliphatic heterocycles. The first-order chi connectivity index (χ1) is 9.95. The van der Waals surface area contributed by atoms with Crippen LogP contribution in [0.1, 0.15) is 5.56 Å². The minimum absolute atomic E-state index is 0.586. The van der Waals surface area contributed by atoms with Gasteiger partial charge in [-0.05, 0) is 17.7 Å². The van der Waals surface area contributed by atoms with Crippen LogP contribution < -0.4 is 10.1 Å². The van der Waals surface area contributed by atoms with E-state index < -0.39 is 0 Å². The van der Waals surface area contributed by atoms with E-state index in [2.05, 4.69) is 29.6 Å². The van der Waals surface area contributed by atoms with Crippen LogP contribution in [-0.2, 0) is 11.3 Å². The highest BCUT2D eigenvalue weighted by atomic mass is 16.5. The molecule has 20 heavy (non-hydrogen) atoms. The lowest BCUT2D eigenvalue weighted by molar-refractivity contribution is 0.102. The van der Waals surface area contributed by atoms with Crippen LogP contribution in [0.25, 0.3) is 0 Å². The summed E-state index contributed by atoms with van der Waals surface area (Å²) in [5.74, 6) is 0.887. The van der Waals surface area contributed by atoms with E-state index in [-0.39, 0.29) is 0 Å².